The Kier molecular flexibility index (Phi) is 3.66. The molecule has 3 nitrogen and oxygen atoms in total. The molecule has 1 aromatic heterocycles. The fourth-order valence-electron chi connectivity index (χ4n) is 1.86. The lowest BCUT2D eigenvalue weighted by atomic mass is 10.00. The third-order valence-electron chi connectivity index (χ3n) is 2.98. The van der Waals surface area contributed by atoms with Crippen LogP contribution in [0.25, 0.3) is 11.3 Å². The summed E-state index contributed by atoms with van der Waals surface area (Å²) in [6.07, 6.45) is 0.836. The Bertz CT molecular complexity index is 570. The number of aromatic nitrogens is 2. The molecule has 0 bridgehead atoms. The lowest BCUT2D eigenvalue weighted by molar-refractivity contribution is 0.112. The molecule has 0 N–H and O–H groups in total. The van der Waals surface area contributed by atoms with Crippen LogP contribution in [0, 0.1) is 0 Å². The maximum atomic E-state index is 11.1. The molecule has 0 spiro atoms. The largest absolute Gasteiger partial charge is 0.298 e. The Morgan fingerprint density at radius 3 is 2.39 bits per heavy atom. The van der Waals surface area contributed by atoms with Gasteiger partial charge in [0.05, 0.1) is 5.56 Å². The number of benzene rings is 1. The van der Waals surface area contributed by atoms with Gasteiger partial charge in [0.2, 0.25) is 0 Å². The van der Waals surface area contributed by atoms with Crippen molar-refractivity contribution in [2.24, 2.45) is 7.05 Å². The smallest absolute Gasteiger partial charge is 0.155 e. The molecule has 0 aliphatic rings. The minimum Gasteiger partial charge on any atom is -0.298 e. The molecule has 18 heavy (non-hydrogen) atoms. The van der Waals surface area contributed by atoms with Gasteiger partial charge in [0.25, 0.3) is 0 Å². The van der Waals surface area contributed by atoms with Crippen molar-refractivity contribution >= 4 is 22.2 Å². The fraction of sp³-hybridized carbons (Fsp3) is 0.286. The highest BCUT2D eigenvalue weighted by Crippen LogP contribution is 2.28. The summed E-state index contributed by atoms with van der Waals surface area (Å²) in [7, 11) is 1.81. The van der Waals surface area contributed by atoms with E-state index in [0.717, 1.165) is 17.5 Å². The molecule has 0 unspecified atom stereocenters. The Hall–Kier alpha value is -1.42. The summed E-state index contributed by atoms with van der Waals surface area (Å²) in [6.45, 7) is 4.31. The molecule has 0 amide bonds. The SMILES string of the molecule is CC(C)c1ccc(-c2nn(C)c(Br)c2C=O)cc1. The van der Waals surface area contributed by atoms with Crippen molar-refractivity contribution in [2.45, 2.75) is 19.8 Å². The zero-order valence-electron chi connectivity index (χ0n) is 10.6. The summed E-state index contributed by atoms with van der Waals surface area (Å²) in [5, 5.41) is 4.36. The van der Waals surface area contributed by atoms with E-state index in [1.165, 1.54) is 5.56 Å². The van der Waals surface area contributed by atoms with E-state index in [0.29, 0.717) is 16.1 Å². The van der Waals surface area contributed by atoms with Gasteiger partial charge in [-0.1, -0.05) is 38.1 Å². The third-order valence-corrected chi connectivity index (χ3v) is 3.92. The zero-order chi connectivity index (χ0) is 13.3. The summed E-state index contributed by atoms with van der Waals surface area (Å²) < 4.78 is 2.37. The van der Waals surface area contributed by atoms with Gasteiger partial charge in [-0.15, -0.1) is 0 Å². The highest BCUT2D eigenvalue weighted by Gasteiger charge is 2.15. The standard InChI is InChI=1S/C14H15BrN2O/c1-9(2)10-4-6-11(7-5-10)13-12(8-18)14(15)17(3)16-13/h4-9H,1-3H3. The van der Waals surface area contributed by atoms with Crippen molar-refractivity contribution in [1.29, 1.82) is 0 Å². The second kappa shape index (κ2) is 5.06. The van der Waals surface area contributed by atoms with Crippen LogP contribution >= 0.6 is 15.9 Å². The number of carbonyl (C=O) groups excluding carboxylic acids is 1. The first-order valence-corrected chi connectivity index (χ1v) is 6.62. The molecule has 0 atom stereocenters. The van der Waals surface area contributed by atoms with E-state index in [9.17, 15) is 4.79 Å². The number of hydrogen-bond acceptors (Lipinski definition) is 2. The zero-order valence-corrected chi connectivity index (χ0v) is 12.2. The summed E-state index contributed by atoms with van der Waals surface area (Å²) >= 11 is 3.37. The average molecular weight is 307 g/mol. The first-order chi connectivity index (χ1) is 8.54. The predicted molar refractivity (Wildman–Crippen MR) is 75.8 cm³/mol. The Morgan fingerprint density at radius 1 is 1.28 bits per heavy atom. The van der Waals surface area contributed by atoms with Crippen LogP contribution in [0.3, 0.4) is 0 Å². The van der Waals surface area contributed by atoms with Crippen molar-refractivity contribution in [3.63, 3.8) is 0 Å². The molecule has 1 aromatic carbocycles. The third kappa shape index (κ3) is 2.25. The van der Waals surface area contributed by atoms with E-state index in [-0.39, 0.29) is 0 Å². The molecule has 4 heteroatoms. The Balaban J connectivity index is 2.49. The minimum atomic E-state index is 0.500. The monoisotopic (exact) mass is 306 g/mol. The lowest BCUT2D eigenvalue weighted by Gasteiger charge is -2.05. The number of halogens is 1. The van der Waals surface area contributed by atoms with E-state index in [2.05, 4.69) is 47.0 Å². The minimum absolute atomic E-state index is 0.500. The molecule has 0 aliphatic carbocycles. The van der Waals surface area contributed by atoms with Crippen LogP contribution in [-0.2, 0) is 7.05 Å². The molecule has 0 saturated carbocycles. The molecule has 0 fully saturated rings. The second-order valence-corrected chi connectivity index (χ2v) is 5.32. The van der Waals surface area contributed by atoms with Crippen LogP contribution in [0.5, 0.6) is 0 Å². The topological polar surface area (TPSA) is 34.9 Å². The van der Waals surface area contributed by atoms with E-state index >= 15 is 0 Å². The number of carbonyl (C=O) groups is 1. The number of aryl methyl sites for hydroxylation is 1. The van der Waals surface area contributed by atoms with Gasteiger partial charge < -0.3 is 0 Å². The average Bonchev–Trinajstić information content (AvgIpc) is 2.65. The fourth-order valence-corrected chi connectivity index (χ4v) is 2.22. The molecule has 0 radical (unpaired) electrons. The maximum Gasteiger partial charge on any atom is 0.155 e. The van der Waals surface area contributed by atoms with Crippen molar-refractivity contribution in [2.75, 3.05) is 0 Å². The molecule has 1 heterocycles. The van der Waals surface area contributed by atoms with Crippen LogP contribution in [0.1, 0.15) is 35.7 Å². The first kappa shape index (κ1) is 13.0. The highest BCUT2D eigenvalue weighted by atomic mass is 79.9. The maximum absolute atomic E-state index is 11.1. The quantitative estimate of drug-likeness (QED) is 0.809. The van der Waals surface area contributed by atoms with Crippen molar-refractivity contribution in [1.82, 2.24) is 9.78 Å². The van der Waals surface area contributed by atoms with Crippen LogP contribution < -0.4 is 0 Å². The van der Waals surface area contributed by atoms with E-state index in [1.54, 1.807) is 4.68 Å². The van der Waals surface area contributed by atoms with Gasteiger partial charge in [0.15, 0.2) is 6.29 Å². The van der Waals surface area contributed by atoms with Crippen LogP contribution in [0.15, 0.2) is 28.9 Å². The molecular formula is C14H15BrN2O. The van der Waals surface area contributed by atoms with Crippen molar-refractivity contribution in [3.8, 4) is 11.3 Å². The molecule has 0 saturated heterocycles. The van der Waals surface area contributed by atoms with Gasteiger partial charge in [-0.05, 0) is 27.4 Å². The predicted octanol–water partition coefficient (Wildman–Crippen LogP) is 3.79. The van der Waals surface area contributed by atoms with Crippen LogP contribution in [0.4, 0.5) is 0 Å². The second-order valence-electron chi connectivity index (χ2n) is 4.57. The van der Waals surface area contributed by atoms with Crippen molar-refractivity contribution < 1.29 is 4.79 Å². The summed E-state index contributed by atoms with van der Waals surface area (Å²) in [4.78, 5) is 11.1. The normalized spacial score (nSPS) is 10.9. The van der Waals surface area contributed by atoms with Gasteiger partial charge in [0.1, 0.15) is 10.3 Å². The molecule has 94 valence electrons. The summed E-state index contributed by atoms with van der Waals surface area (Å²) in [6, 6.07) is 8.18. The van der Waals surface area contributed by atoms with E-state index in [1.807, 2.05) is 19.2 Å². The van der Waals surface area contributed by atoms with Gasteiger partial charge >= 0.3 is 0 Å². The van der Waals surface area contributed by atoms with Gasteiger partial charge in [-0.3, -0.25) is 9.48 Å². The Labute approximate surface area is 115 Å². The lowest BCUT2D eigenvalue weighted by Crippen LogP contribution is -1.90. The van der Waals surface area contributed by atoms with Crippen LogP contribution in [0.2, 0.25) is 0 Å². The van der Waals surface area contributed by atoms with E-state index < -0.39 is 0 Å². The molecule has 0 aliphatic heterocycles. The summed E-state index contributed by atoms with van der Waals surface area (Å²) in [5.74, 6) is 0.500. The van der Waals surface area contributed by atoms with Gasteiger partial charge in [0, 0.05) is 12.6 Å². The summed E-state index contributed by atoms with van der Waals surface area (Å²) in [5.41, 5.74) is 3.55. The number of rotatable bonds is 3. The number of hydrogen-bond donors (Lipinski definition) is 0. The number of nitrogens with zero attached hydrogens (tertiary/aromatic N) is 2. The molecular weight excluding hydrogens is 292 g/mol. The number of aldehydes is 1. The first-order valence-electron chi connectivity index (χ1n) is 5.82. The molecule has 2 rings (SSSR count). The highest BCUT2D eigenvalue weighted by molar-refractivity contribution is 9.10. The van der Waals surface area contributed by atoms with E-state index in [4.69, 9.17) is 0 Å². The Morgan fingerprint density at radius 2 is 1.89 bits per heavy atom. The molecule has 2 aromatic rings. The van der Waals surface area contributed by atoms with Crippen molar-refractivity contribution in [3.05, 3.63) is 40.0 Å². The van der Waals surface area contributed by atoms with Gasteiger partial charge in [-0.2, -0.15) is 5.10 Å². The van der Waals surface area contributed by atoms with Gasteiger partial charge in [-0.25, -0.2) is 0 Å². The van der Waals surface area contributed by atoms with Crippen LogP contribution in [-0.4, -0.2) is 16.1 Å².